The summed E-state index contributed by atoms with van der Waals surface area (Å²) in [5, 5.41) is 7.53. The fraction of sp³-hybridized carbons (Fsp3) is 0.400. The Morgan fingerprint density at radius 1 is 1.35 bits per heavy atom. The minimum atomic E-state index is -0.552. The fourth-order valence-corrected chi connectivity index (χ4v) is 4.12. The molecule has 1 amide bonds. The van der Waals surface area contributed by atoms with Crippen molar-refractivity contribution < 1.29 is 13.9 Å². The number of anilines is 1. The highest BCUT2D eigenvalue weighted by Crippen LogP contribution is 2.28. The summed E-state index contributed by atoms with van der Waals surface area (Å²) >= 11 is 6.07. The predicted octanol–water partition coefficient (Wildman–Crippen LogP) is 1.81. The van der Waals surface area contributed by atoms with Crippen LogP contribution in [0.1, 0.15) is 6.42 Å². The molecule has 3 N–H and O–H groups in total. The number of morpholine rings is 1. The van der Waals surface area contributed by atoms with Crippen LogP contribution in [0.25, 0.3) is 22.4 Å². The molecule has 3 aromatic rings. The zero-order valence-corrected chi connectivity index (χ0v) is 17.3. The van der Waals surface area contributed by atoms with E-state index >= 15 is 0 Å². The van der Waals surface area contributed by atoms with Crippen molar-refractivity contribution in [3.8, 4) is 11.4 Å². The molecule has 0 radical (unpaired) electrons. The van der Waals surface area contributed by atoms with Gasteiger partial charge in [-0.1, -0.05) is 11.6 Å². The van der Waals surface area contributed by atoms with Gasteiger partial charge in [-0.15, -0.1) is 0 Å². The number of carbonyl (C=O) groups is 1. The lowest BCUT2D eigenvalue weighted by atomic mass is 10.2. The second kappa shape index (κ2) is 8.37. The van der Waals surface area contributed by atoms with E-state index in [2.05, 4.69) is 30.6 Å². The molecule has 0 spiro atoms. The molecule has 3 aromatic heterocycles. The van der Waals surface area contributed by atoms with Crippen LogP contribution in [0.3, 0.4) is 0 Å². The number of hydrogen-bond donors (Lipinski definition) is 3. The first kappa shape index (κ1) is 20.1. The van der Waals surface area contributed by atoms with Crippen LogP contribution in [0, 0.1) is 5.82 Å². The zero-order chi connectivity index (χ0) is 21.4. The number of amides is 1. The van der Waals surface area contributed by atoms with Crippen molar-refractivity contribution in [2.75, 3.05) is 38.1 Å². The van der Waals surface area contributed by atoms with Crippen LogP contribution in [-0.4, -0.2) is 75.7 Å². The lowest BCUT2D eigenvalue weighted by Gasteiger charge is -2.27. The number of pyridine rings is 1. The summed E-state index contributed by atoms with van der Waals surface area (Å²) in [6.07, 6.45) is 4.64. The maximum absolute atomic E-state index is 14.5. The first-order chi connectivity index (χ1) is 15.1. The maximum atomic E-state index is 14.5. The Bertz CT molecular complexity index is 1120. The second-order valence-electron chi connectivity index (χ2n) is 7.62. The van der Waals surface area contributed by atoms with Gasteiger partial charge in [-0.3, -0.25) is 4.79 Å². The Morgan fingerprint density at radius 2 is 2.26 bits per heavy atom. The van der Waals surface area contributed by atoms with Crippen molar-refractivity contribution in [3.63, 3.8) is 0 Å². The Kier molecular flexibility index (Phi) is 5.43. The Morgan fingerprint density at radius 3 is 3.10 bits per heavy atom. The quantitative estimate of drug-likeness (QED) is 0.562. The van der Waals surface area contributed by atoms with Crippen LogP contribution in [0.15, 0.2) is 24.7 Å². The molecule has 2 aliphatic rings. The normalized spacial score (nSPS) is 21.5. The van der Waals surface area contributed by atoms with Crippen LogP contribution in [0.4, 0.5) is 10.2 Å². The van der Waals surface area contributed by atoms with Crippen LogP contribution in [0.5, 0.6) is 0 Å². The molecule has 9 nitrogen and oxygen atoms in total. The molecule has 2 saturated heterocycles. The summed E-state index contributed by atoms with van der Waals surface area (Å²) in [6.45, 7) is 2.84. The number of aromatic nitrogens is 4. The molecule has 0 aromatic carbocycles. The number of likely N-dealkylation sites (tertiary alicyclic amines) is 1. The Balaban J connectivity index is 1.32. The van der Waals surface area contributed by atoms with Gasteiger partial charge in [0.05, 0.1) is 17.8 Å². The van der Waals surface area contributed by atoms with Crippen LogP contribution < -0.4 is 10.6 Å². The van der Waals surface area contributed by atoms with E-state index in [0.29, 0.717) is 54.7 Å². The summed E-state index contributed by atoms with van der Waals surface area (Å²) in [6, 6.07) is 1.65. The van der Waals surface area contributed by atoms with Crippen molar-refractivity contribution in [2.24, 2.45) is 0 Å². The highest BCUT2D eigenvalue weighted by Gasteiger charge is 2.32. The highest BCUT2D eigenvalue weighted by molar-refractivity contribution is 6.31. The maximum Gasteiger partial charge on any atom is 0.253 e. The number of ether oxygens (including phenoxy) is 1. The van der Waals surface area contributed by atoms with E-state index in [1.54, 1.807) is 23.4 Å². The second-order valence-corrected chi connectivity index (χ2v) is 8.06. The average molecular weight is 446 g/mol. The lowest BCUT2D eigenvalue weighted by molar-refractivity contribution is -0.144. The summed E-state index contributed by atoms with van der Waals surface area (Å²) in [5.41, 5.74) is 1.32. The van der Waals surface area contributed by atoms with Gasteiger partial charge in [0.15, 0.2) is 17.5 Å². The highest BCUT2D eigenvalue weighted by atomic mass is 35.5. The van der Waals surface area contributed by atoms with Crippen molar-refractivity contribution >= 4 is 34.4 Å². The SMILES string of the molecule is O=C(C1CNCCO1)N1CCC(Nc2nc(-c3c[nH]c4ncc(Cl)cc34)ncc2F)C1. The molecule has 2 fully saturated rings. The average Bonchev–Trinajstić information content (AvgIpc) is 3.42. The van der Waals surface area contributed by atoms with Crippen molar-refractivity contribution in [3.05, 3.63) is 35.5 Å². The number of aromatic amines is 1. The molecule has 0 saturated carbocycles. The molecule has 2 aliphatic heterocycles. The number of H-pyrrole nitrogens is 1. The molecule has 2 atom stereocenters. The smallest absolute Gasteiger partial charge is 0.253 e. The largest absolute Gasteiger partial charge is 0.366 e. The van der Waals surface area contributed by atoms with Gasteiger partial charge < -0.3 is 25.3 Å². The summed E-state index contributed by atoms with van der Waals surface area (Å²) in [7, 11) is 0. The third-order valence-electron chi connectivity index (χ3n) is 5.53. The number of carbonyl (C=O) groups excluding carboxylic acids is 1. The van der Waals surface area contributed by atoms with Crippen LogP contribution in [0.2, 0.25) is 5.02 Å². The number of halogens is 2. The minimum absolute atomic E-state index is 0.0384. The number of fused-ring (bicyclic) bond motifs is 1. The third-order valence-corrected chi connectivity index (χ3v) is 5.73. The summed E-state index contributed by atoms with van der Waals surface area (Å²) in [4.78, 5) is 30.2. The van der Waals surface area contributed by atoms with Gasteiger partial charge in [0.1, 0.15) is 11.8 Å². The standard InChI is InChI=1S/C20H21ClFN7O2/c21-11-5-13-14(7-25-17(13)24-6-11)18-26-8-15(22)19(28-18)27-12-1-3-29(10-12)20(30)16-9-23-2-4-31-16/h5-8,12,16,23H,1-4,9-10H2,(H,24,25)(H,26,27,28). The molecule has 5 heterocycles. The fourth-order valence-electron chi connectivity index (χ4n) is 3.96. The molecule has 31 heavy (non-hydrogen) atoms. The topological polar surface area (TPSA) is 108 Å². The van der Waals surface area contributed by atoms with Gasteiger partial charge in [-0.25, -0.2) is 19.3 Å². The van der Waals surface area contributed by atoms with Gasteiger partial charge in [0.25, 0.3) is 5.91 Å². The number of hydrogen-bond acceptors (Lipinski definition) is 7. The third kappa shape index (κ3) is 4.06. The van der Waals surface area contributed by atoms with Gasteiger partial charge in [0.2, 0.25) is 0 Å². The number of nitrogens with one attached hydrogen (secondary N) is 3. The lowest BCUT2D eigenvalue weighted by Crippen LogP contribution is -2.49. The van der Waals surface area contributed by atoms with Crippen molar-refractivity contribution in [2.45, 2.75) is 18.6 Å². The molecular weight excluding hydrogens is 425 g/mol. The van der Waals surface area contributed by atoms with Crippen molar-refractivity contribution in [1.29, 1.82) is 0 Å². The minimum Gasteiger partial charge on any atom is -0.366 e. The molecule has 0 aliphatic carbocycles. The van der Waals surface area contributed by atoms with E-state index in [1.165, 1.54) is 0 Å². The first-order valence-electron chi connectivity index (χ1n) is 10.1. The van der Waals surface area contributed by atoms with E-state index < -0.39 is 11.9 Å². The molecule has 5 rings (SSSR count). The molecule has 2 unspecified atom stereocenters. The summed E-state index contributed by atoms with van der Waals surface area (Å²) in [5.74, 6) is -0.135. The van der Waals surface area contributed by atoms with Gasteiger partial charge >= 0.3 is 0 Å². The van der Waals surface area contributed by atoms with Gasteiger partial charge in [-0.05, 0) is 12.5 Å². The van der Waals surface area contributed by atoms with E-state index in [-0.39, 0.29) is 17.8 Å². The molecule has 162 valence electrons. The Labute approximate surface area is 182 Å². The first-order valence-corrected chi connectivity index (χ1v) is 10.5. The molecule has 11 heteroatoms. The monoisotopic (exact) mass is 445 g/mol. The predicted molar refractivity (Wildman–Crippen MR) is 113 cm³/mol. The molecule has 0 bridgehead atoms. The van der Waals surface area contributed by atoms with E-state index in [0.717, 1.165) is 18.1 Å². The van der Waals surface area contributed by atoms with Crippen LogP contribution in [-0.2, 0) is 9.53 Å². The molecular formula is C20H21ClFN7O2. The van der Waals surface area contributed by atoms with Crippen molar-refractivity contribution in [1.82, 2.24) is 30.2 Å². The Hall–Kier alpha value is -2.82. The zero-order valence-electron chi connectivity index (χ0n) is 16.6. The number of nitrogens with zero attached hydrogens (tertiary/aromatic N) is 4. The summed E-state index contributed by atoms with van der Waals surface area (Å²) < 4.78 is 20.0. The van der Waals surface area contributed by atoms with Gasteiger partial charge in [-0.2, -0.15) is 0 Å². The van der Waals surface area contributed by atoms with E-state index in [9.17, 15) is 9.18 Å². The van der Waals surface area contributed by atoms with E-state index in [4.69, 9.17) is 16.3 Å². The van der Waals surface area contributed by atoms with Gasteiger partial charge in [0, 0.05) is 55.6 Å². The van der Waals surface area contributed by atoms with Crippen LogP contribution >= 0.6 is 11.6 Å². The number of rotatable bonds is 4. The van der Waals surface area contributed by atoms with E-state index in [1.807, 2.05) is 0 Å².